The quantitative estimate of drug-likeness (QED) is 0.529. The molecule has 0 aromatic carbocycles. The molecule has 2 aliphatic carbocycles. The highest BCUT2D eigenvalue weighted by molar-refractivity contribution is 5.81. The van der Waals surface area contributed by atoms with Gasteiger partial charge in [0.05, 0.1) is 0 Å². The van der Waals surface area contributed by atoms with E-state index in [2.05, 4.69) is 0 Å². The molecule has 62 valence electrons. The first kappa shape index (κ1) is 7.19. The van der Waals surface area contributed by atoms with Crippen LogP contribution in [-0.4, -0.2) is 11.7 Å². The molecule has 2 fully saturated rings. The zero-order valence-corrected chi connectivity index (χ0v) is 6.15. The van der Waals surface area contributed by atoms with E-state index in [9.17, 15) is 13.6 Å². The molecule has 0 radical (unpaired) electrons. The number of fused-ring (bicyclic) bond motifs is 1. The molecule has 2 atom stereocenters. The number of carbonyl (C=O) groups excluding carboxylic acids is 1. The lowest BCUT2D eigenvalue weighted by atomic mass is 10.0. The Bertz CT molecular complexity index is 182. The van der Waals surface area contributed by atoms with Gasteiger partial charge < -0.3 is 0 Å². The fourth-order valence-electron chi connectivity index (χ4n) is 2.33. The molecule has 11 heavy (non-hydrogen) atoms. The molecule has 2 saturated carbocycles. The van der Waals surface area contributed by atoms with Crippen molar-refractivity contribution in [1.82, 2.24) is 0 Å². The SMILES string of the molecule is O=C1C[C@@H]2CC(F)(F)C[C@@H]2C1. The van der Waals surface area contributed by atoms with Crippen molar-refractivity contribution in [3.63, 3.8) is 0 Å². The van der Waals surface area contributed by atoms with Gasteiger partial charge in [0.1, 0.15) is 5.78 Å². The first-order chi connectivity index (χ1) is 5.07. The summed E-state index contributed by atoms with van der Waals surface area (Å²) in [4.78, 5) is 10.8. The third-order valence-electron chi connectivity index (χ3n) is 2.77. The number of halogens is 2. The molecular weight excluding hydrogens is 150 g/mol. The van der Waals surface area contributed by atoms with Crippen LogP contribution >= 0.6 is 0 Å². The Hall–Kier alpha value is -0.470. The van der Waals surface area contributed by atoms with Crippen LogP contribution in [0.4, 0.5) is 8.78 Å². The van der Waals surface area contributed by atoms with E-state index in [0.717, 1.165) is 0 Å². The van der Waals surface area contributed by atoms with Gasteiger partial charge in [0, 0.05) is 25.7 Å². The molecule has 0 saturated heterocycles. The fourth-order valence-corrected chi connectivity index (χ4v) is 2.33. The summed E-state index contributed by atoms with van der Waals surface area (Å²) in [5, 5.41) is 0. The molecule has 0 spiro atoms. The van der Waals surface area contributed by atoms with Crippen LogP contribution in [0.1, 0.15) is 25.7 Å². The van der Waals surface area contributed by atoms with Crippen LogP contribution in [0, 0.1) is 11.8 Å². The smallest absolute Gasteiger partial charge is 0.248 e. The molecule has 0 heterocycles. The molecule has 1 nitrogen and oxygen atoms in total. The standard InChI is InChI=1S/C8H10F2O/c9-8(10)3-5-1-7(11)2-6(5)4-8/h5-6H,1-4H2/t5-,6+. The maximum Gasteiger partial charge on any atom is 0.248 e. The summed E-state index contributed by atoms with van der Waals surface area (Å²) in [5.41, 5.74) is 0. The summed E-state index contributed by atoms with van der Waals surface area (Å²) in [6.45, 7) is 0. The van der Waals surface area contributed by atoms with Gasteiger partial charge >= 0.3 is 0 Å². The van der Waals surface area contributed by atoms with Crippen LogP contribution in [0.3, 0.4) is 0 Å². The summed E-state index contributed by atoms with van der Waals surface area (Å²) < 4.78 is 25.4. The van der Waals surface area contributed by atoms with Gasteiger partial charge in [-0.1, -0.05) is 0 Å². The van der Waals surface area contributed by atoms with Gasteiger partial charge in [-0.3, -0.25) is 4.79 Å². The maximum atomic E-state index is 12.7. The average molecular weight is 160 g/mol. The van der Waals surface area contributed by atoms with Gasteiger partial charge in [-0.25, -0.2) is 8.78 Å². The van der Waals surface area contributed by atoms with Crippen LogP contribution in [0.25, 0.3) is 0 Å². The highest BCUT2D eigenvalue weighted by atomic mass is 19.3. The van der Waals surface area contributed by atoms with Crippen molar-refractivity contribution >= 4 is 5.78 Å². The van der Waals surface area contributed by atoms with Crippen molar-refractivity contribution in [3.05, 3.63) is 0 Å². The van der Waals surface area contributed by atoms with Gasteiger partial charge in [0.15, 0.2) is 0 Å². The molecule has 0 aromatic heterocycles. The summed E-state index contributed by atoms with van der Waals surface area (Å²) >= 11 is 0. The Morgan fingerprint density at radius 2 is 1.64 bits per heavy atom. The Kier molecular flexibility index (Phi) is 1.32. The van der Waals surface area contributed by atoms with E-state index in [1.54, 1.807) is 0 Å². The third-order valence-corrected chi connectivity index (χ3v) is 2.77. The molecule has 0 amide bonds. The van der Waals surface area contributed by atoms with Crippen molar-refractivity contribution in [3.8, 4) is 0 Å². The first-order valence-corrected chi connectivity index (χ1v) is 3.96. The van der Waals surface area contributed by atoms with Crippen LogP contribution in [0.5, 0.6) is 0 Å². The molecule has 0 bridgehead atoms. The van der Waals surface area contributed by atoms with Gasteiger partial charge in [-0.15, -0.1) is 0 Å². The zero-order valence-electron chi connectivity index (χ0n) is 6.15. The third kappa shape index (κ3) is 1.17. The molecular formula is C8H10F2O. The largest absolute Gasteiger partial charge is 0.300 e. The van der Waals surface area contributed by atoms with Gasteiger partial charge in [0.25, 0.3) is 0 Å². The highest BCUT2D eigenvalue weighted by Gasteiger charge is 2.50. The normalized spacial score (nSPS) is 41.1. The van der Waals surface area contributed by atoms with E-state index in [1.165, 1.54) is 0 Å². The minimum Gasteiger partial charge on any atom is -0.300 e. The lowest BCUT2D eigenvalue weighted by molar-refractivity contribution is -0.118. The van der Waals surface area contributed by atoms with Crippen molar-refractivity contribution in [2.75, 3.05) is 0 Å². The predicted molar refractivity (Wildman–Crippen MR) is 35.4 cm³/mol. The number of ketones is 1. The van der Waals surface area contributed by atoms with E-state index in [4.69, 9.17) is 0 Å². The van der Waals surface area contributed by atoms with Crippen LogP contribution in [0.2, 0.25) is 0 Å². The van der Waals surface area contributed by atoms with Crippen molar-refractivity contribution in [1.29, 1.82) is 0 Å². The molecule has 0 aliphatic heterocycles. The minimum absolute atomic E-state index is 0.00231. The average Bonchev–Trinajstić information content (AvgIpc) is 2.17. The van der Waals surface area contributed by atoms with E-state index in [1.807, 2.05) is 0 Å². The second-order valence-electron chi connectivity index (χ2n) is 3.73. The lowest BCUT2D eigenvalue weighted by Crippen LogP contribution is -2.11. The second-order valence-corrected chi connectivity index (χ2v) is 3.73. The summed E-state index contributed by atoms with van der Waals surface area (Å²) in [5.74, 6) is -2.30. The Labute approximate surface area is 63.8 Å². The first-order valence-electron chi connectivity index (χ1n) is 3.96. The molecule has 3 heteroatoms. The predicted octanol–water partition coefficient (Wildman–Crippen LogP) is 2.01. The summed E-state index contributed by atoms with van der Waals surface area (Å²) in [7, 11) is 0. The zero-order chi connectivity index (χ0) is 8.06. The van der Waals surface area contributed by atoms with Crippen LogP contribution < -0.4 is 0 Å². The highest BCUT2D eigenvalue weighted by Crippen LogP contribution is 2.49. The topological polar surface area (TPSA) is 17.1 Å². The van der Waals surface area contributed by atoms with E-state index in [-0.39, 0.29) is 30.5 Å². The lowest BCUT2D eigenvalue weighted by Gasteiger charge is -2.07. The van der Waals surface area contributed by atoms with Crippen molar-refractivity contribution in [2.24, 2.45) is 11.8 Å². The monoisotopic (exact) mass is 160 g/mol. The molecule has 2 aliphatic rings. The van der Waals surface area contributed by atoms with Gasteiger partial charge in [-0.2, -0.15) is 0 Å². The molecule has 0 N–H and O–H groups in total. The summed E-state index contributed by atoms with van der Waals surface area (Å²) in [6.07, 6.45) is 0.702. The molecule has 0 unspecified atom stereocenters. The number of carbonyl (C=O) groups is 1. The van der Waals surface area contributed by atoms with E-state index >= 15 is 0 Å². The van der Waals surface area contributed by atoms with Crippen molar-refractivity contribution < 1.29 is 13.6 Å². The number of Topliss-reactive ketones (excluding diaryl/α,β-unsaturated/α-hetero) is 1. The van der Waals surface area contributed by atoms with Crippen molar-refractivity contribution in [2.45, 2.75) is 31.6 Å². The van der Waals surface area contributed by atoms with E-state index < -0.39 is 5.92 Å². The fraction of sp³-hybridized carbons (Fsp3) is 0.875. The van der Waals surface area contributed by atoms with Gasteiger partial charge in [0.2, 0.25) is 5.92 Å². The number of rotatable bonds is 0. The Morgan fingerprint density at radius 1 is 1.18 bits per heavy atom. The summed E-state index contributed by atoms with van der Waals surface area (Å²) in [6, 6.07) is 0. The number of hydrogen-bond acceptors (Lipinski definition) is 1. The minimum atomic E-state index is -2.48. The molecule has 2 rings (SSSR count). The maximum absolute atomic E-state index is 12.7. The molecule has 0 aromatic rings. The van der Waals surface area contributed by atoms with Crippen LogP contribution in [0.15, 0.2) is 0 Å². The van der Waals surface area contributed by atoms with E-state index in [0.29, 0.717) is 12.8 Å². The Balaban J connectivity index is 2.09. The second kappa shape index (κ2) is 2.02. The van der Waals surface area contributed by atoms with Gasteiger partial charge in [-0.05, 0) is 11.8 Å². The number of hydrogen-bond donors (Lipinski definition) is 0. The number of alkyl halides is 2. The Morgan fingerprint density at radius 3 is 2.09 bits per heavy atom. The van der Waals surface area contributed by atoms with Crippen LogP contribution in [-0.2, 0) is 4.79 Å².